The van der Waals surface area contributed by atoms with Gasteiger partial charge in [-0.25, -0.2) is 0 Å². The number of aliphatic hydroxyl groups excluding tert-OH is 6. The molecule has 358 valence electrons. The van der Waals surface area contributed by atoms with Crippen LogP contribution in [0.3, 0.4) is 0 Å². The van der Waals surface area contributed by atoms with E-state index in [0.29, 0.717) is 6.42 Å². The number of amides is 1. The van der Waals surface area contributed by atoms with Crippen molar-refractivity contribution in [2.75, 3.05) is 32.8 Å². The van der Waals surface area contributed by atoms with Crippen molar-refractivity contribution in [2.24, 2.45) is 0 Å². The van der Waals surface area contributed by atoms with Gasteiger partial charge in [0.2, 0.25) is 5.91 Å². The fourth-order valence-corrected chi connectivity index (χ4v) is 8.44. The number of rotatable bonds is 43. The van der Waals surface area contributed by atoms with E-state index < -0.39 is 55.6 Å². The van der Waals surface area contributed by atoms with Crippen LogP contribution < -0.4 is 5.32 Å². The first-order valence-electron chi connectivity index (χ1n) is 25.5. The highest BCUT2D eigenvalue weighted by molar-refractivity contribution is 5.76. The highest BCUT2D eigenvalue weighted by Gasteiger charge is 2.44. The van der Waals surface area contributed by atoms with Crippen LogP contribution in [0, 0.1) is 0 Å². The van der Waals surface area contributed by atoms with E-state index in [4.69, 9.17) is 9.47 Å². The summed E-state index contributed by atoms with van der Waals surface area (Å²) < 4.78 is 11.2. The molecule has 0 aliphatic carbocycles. The van der Waals surface area contributed by atoms with Gasteiger partial charge in [0, 0.05) is 6.42 Å². The third-order valence-corrected chi connectivity index (χ3v) is 12.6. The quantitative estimate of drug-likeness (QED) is 0.0294. The Hall–Kier alpha value is -0.890. The Labute approximate surface area is 368 Å². The third-order valence-electron chi connectivity index (χ3n) is 12.6. The molecular weight excluding hydrogens is 761 g/mol. The smallest absolute Gasteiger partial charge is 0.220 e. The number of carbonyl (C=O) groups excluding carboxylic acids is 1. The zero-order valence-electron chi connectivity index (χ0n) is 39.1. The minimum atomic E-state index is -1.61. The zero-order valence-corrected chi connectivity index (χ0v) is 39.1. The molecule has 0 aromatic rings. The normalized spacial score (nSPS) is 21.1. The SMILES string of the molecule is CCCCCCCCCCCCCC[C@@H](O)[C@@H](O)[C@H](CO[C@H]1OC(CO)[C@H](O)[C@@H](O)[C@@H]1O)NC(=O)CCCCCCCCCCN(CCCCCCC)CCCCCCC. The molecule has 0 aromatic heterocycles. The third kappa shape index (κ3) is 28.7. The van der Waals surface area contributed by atoms with Crippen molar-refractivity contribution < 1.29 is 44.9 Å². The Bertz CT molecular complexity index is 932. The lowest BCUT2D eigenvalue weighted by Gasteiger charge is -2.40. The van der Waals surface area contributed by atoms with Gasteiger partial charge in [0.1, 0.15) is 30.5 Å². The van der Waals surface area contributed by atoms with E-state index in [2.05, 4.69) is 31.0 Å². The Morgan fingerprint density at radius 1 is 0.567 bits per heavy atom. The lowest BCUT2D eigenvalue weighted by molar-refractivity contribution is -0.303. The van der Waals surface area contributed by atoms with Crippen molar-refractivity contribution in [3.05, 3.63) is 0 Å². The standard InChI is InChI=1S/C49H98N2O9/c1-4-7-10-13-14-15-16-17-18-21-24-29-34-42(53)45(55)41(40-59-49-48(58)47(57)46(56)43(39-52)60-49)50-44(54)35-30-25-22-19-20-23-28-33-38-51(36-31-26-11-8-5-2)37-32-27-12-9-6-3/h41-43,45-49,52-53,55-58H,4-40H2,1-3H3,(H,50,54)/t41-,42+,43?,45-,46-,47+,48-,49-/m0/s1. The average molecular weight is 859 g/mol. The Morgan fingerprint density at radius 3 is 1.40 bits per heavy atom. The first-order valence-corrected chi connectivity index (χ1v) is 25.5. The minimum absolute atomic E-state index is 0.255. The molecule has 7 N–H and O–H groups in total. The molecule has 11 nitrogen and oxygen atoms in total. The van der Waals surface area contributed by atoms with Crippen molar-refractivity contribution in [1.29, 1.82) is 0 Å². The van der Waals surface area contributed by atoms with Crippen molar-refractivity contribution in [2.45, 2.75) is 275 Å². The van der Waals surface area contributed by atoms with Gasteiger partial charge in [0.05, 0.1) is 25.4 Å². The van der Waals surface area contributed by atoms with Crippen LogP contribution in [0.4, 0.5) is 0 Å². The summed E-state index contributed by atoms with van der Waals surface area (Å²) in [7, 11) is 0. The van der Waals surface area contributed by atoms with Crippen LogP contribution in [0.2, 0.25) is 0 Å². The molecule has 1 rings (SSSR count). The Morgan fingerprint density at radius 2 is 0.967 bits per heavy atom. The highest BCUT2D eigenvalue weighted by Crippen LogP contribution is 2.23. The van der Waals surface area contributed by atoms with Gasteiger partial charge in [-0.15, -0.1) is 0 Å². The molecular formula is C49H98N2O9. The van der Waals surface area contributed by atoms with E-state index >= 15 is 0 Å². The van der Waals surface area contributed by atoms with Gasteiger partial charge in [-0.2, -0.15) is 0 Å². The van der Waals surface area contributed by atoms with Crippen molar-refractivity contribution in [3.8, 4) is 0 Å². The maximum atomic E-state index is 13.1. The molecule has 0 spiro atoms. The second-order valence-electron chi connectivity index (χ2n) is 18.2. The van der Waals surface area contributed by atoms with Crippen LogP contribution in [-0.2, 0) is 14.3 Å². The van der Waals surface area contributed by atoms with Gasteiger partial charge in [0.15, 0.2) is 6.29 Å². The molecule has 0 bridgehead atoms. The van der Waals surface area contributed by atoms with Crippen molar-refractivity contribution >= 4 is 5.91 Å². The second kappa shape index (κ2) is 39.7. The summed E-state index contributed by atoms with van der Waals surface area (Å²) in [4.78, 5) is 15.8. The van der Waals surface area contributed by atoms with Crippen molar-refractivity contribution in [1.82, 2.24) is 10.2 Å². The largest absolute Gasteiger partial charge is 0.394 e. The maximum Gasteiger partial charge on any atom is 0.220 e. The van der Waals surface area contributed by atoms with E-state index in [-0.39, 0.29) is 18.9 Å². The molecule has 1 fully saturated rings. The zero-order chi connectivity index (χ0) is 44.1. The number of unbranched alkanes of at least 4 members (excludes halogenated alkanes) is 26. The van der Waals surface area contributed by atoms with Crippen LogP contribution in [0.5, 0.6) is 0 Å². The molecule has 60 heavy (non-hydrogen) atoms. The highest BCUT2D eigenvalue weighted by atomic mass is 16.7. The van der Waals surface area contributed by atoms with E-state index in [1.165, 1.54) is 161 Å². The number of carbonyl (C=O) groups is 1. The van der Waals surface area contributed by atoms with Crippen LogP contribution >= 0.6 is 0 Å². The predicted molar refractivity (Wildman–Crippen MR) is 245 cm³/mol. The lowest BCUT2D eigenvalue weighted by Crippen LogP contribution is -2.60. The van der Waals surface area contributed by atoms with Gasteiger partial charge in [-0.1, -0.05) is 188 Å². The van der Waals surface area contributed by atoms with Gasteiger partial charge in [-0.05, 0) is 51.7 Å². The first kappa shape index (κ1) is 57.1. The Kier molecular flexibility index (Phi) is 37.8. The van der Waals surface area contributed by atoms with Gasteiger partial charge in [-0.3, -0.25) is 4.79 Å². The number of aliphatic hydroxyl groups is 6. The fraction of sp³-hybridized carbons (Fsp3) is 0.980. The van der Waals surface area contributed by atoms with E-state index in [0.717, 1.165) is 51.4 Å². The molecule has 11 heteroatoms. The number of hydrogen-bond acceptors (Lipinski definition) is 10. The molecule has 1 unspecified atom stereocenters. The molecule has 1 amide bonds. The van der Waals surface area contributed by atoms with Crippen LogP contribution in [0.1, 0.15) is 226 Å². The molecule has 1 saturated heterocycles. The summed E-state index contributed by atoms with van der Waals surface area (Å²) in [5.41, 5.74) is 0. The predicted octanol–water partition coefficient (Wildman–Crippen LogP) is 8.85. The molecule has 1 heterocycles. The van der Waals surface area contributed by atoms with Gasteiger partial charge >= 0.3 is 0 Å². The minimum Gasteiger partial charge on any atom is -0.394 e. The van der Waals surface area contributed by atoms with E-state index in [1.807, 2.05) is 0 Å². The van der Waals surface area contributed by atoms with E-state index in [1.54, 1.807) is 0 Å². The van der Waals surface area contributed by atoms with Crippen molar-refractivity contribution in [3.63, 3.8) is 0 Å². The molecule has 1 aliphatic rings. The maximum absolute atomic E-state index is 13.1. The second-order valence-corrected chi connectivity index (χ2v) is 18.2. The Balaban J connectivity index is 2.46. The van der Waals surface area contributed by atoms with Crippen LogP contribution in [0.25, 0.3) is 0 Å². The molecule has 0 radical (unpaired) electrons. The summed E-state index contributed by atoms with van der Waals surface area (Å²) in [6.07, 6.45) is 27.5. The molecule has 1 aliphatic heterocycles. The lowest BCUT2D eigenvalue weighted by atomic mass is 9.98. The fourth-order valence-electron chi connectivity index (χ4n) is 8.44. The van der Waals surface area contributed by atoms with Crippen LogP contribution in [0.15, 0.2) is 0 Å². The number of nitrogens with zero attached hydrogens (tertiary/aromatic N) is 1. The van der Waals surface area contributed by atoms with Gasteiger partial charge < -0.3 is 50.3 Å². The van der Waals surface area contributed by atoms with Gasteiger partial charge in [0.25, 0.3) is 0 Å². The summed E-state index contributed by atoms with van der Waals surface area (Å²) in [5, 5.41) is 65.4. The molecule has 8 atom stereocenters. The number of ether oxygens (including phenoxy) is 2. The molecule has 0 saturated carbocycles. The summed E-state index contributed by atoms with van der Waals surface area (Å²) >= 11 is 0. The number of hydrogen-bond donors (Lipinski definition) is 7. The van der Waals surface area contributed by atoms with Crippen LogP contribution in [-0.4, -0.2) is 123 Å². The summed E-state index contributed by atoms with van der Waals surface area (Å²) in [6, 6.07) is -0.991. The molecule has 0 aromatic carbocycles. The monoisotopic (exact) mass is 859 g/mol. The summed E-state index contributed by atoms with van der Waals surface area (Å²) in [5.74, 6) is -0.255. The number of nitrogens with one attached hydrogen (secondary N) is 1. The summed E-state index contributed by atoms with van der Waals surface area (Å²) in [6.45, 7) is 9.60. The van der Waals surface area contributed by atoms with E-state index in [9.17, 15) is 35.4 Å². The topological polar surface area (TPSA) is 172 Å². The average Bonchev–Trinajstić information content (AvgIpc) is 3.25. The first-order chi connectivity index (χ1) is 29.2.